The fourth-order valence-electron chi connectivity index (χ4n) is 0.791. The van der Waals surface area contributed by atoms with Crippen molar-refractivity contribution in [1.29, 1.82) is 0 Å². The molecule has 2 nitrogen and oxygen atoms in total. The van der Waals surface area contributed by atoms with E-state index in [2.05, 4.69) is 13.2 Å². The van der Waals surface area contributed by atoms with Crippen LogP contribution in [0, 0.1) is 0 Å². The molecule has 0 aromatic heterocycles. The highest BCUT2D eigenvalue weighted by molar-refractivity contribution is 6.71. The summed E-state index contributed by atoms with van der Waals surface area (Å²) in [5.74, 6) is 0. The normalized spacial score (nSPS) is 15.2. The first-order chi connectivity index (χ1) is 5.68. The molecule has 0 heterocycles. The van der Waals surface area contributed by atoms with Gasteiger partial charge in [0, 0.05) is 13.2 Å². The molecule has 0 fully saturated rings. The second kappa shape index (κ2) is 6.17. The van der Waals surface area contributed by atoms with Gasteiger partial charge in [-0.3, -0.25) is 0 Å². The van der Waals surface area contributed by atoms with E-state index in [1.165, 1.54) is 0 Å². The van der Waals surface area contributed by atoms with Crippen LogP contribution in [0.1, 0.15) is 13.3 Å². The molecule has 12 heavy (non-hydrogen) atoms. The Hall–Kier alpha value is -0.383. The Kier molecular flexibility index (Phi) is 5.97. The van der Waals surface area contributed by atoms with Crippen molar-refractivity contribution in [2.75, 3.05) is 13.2 Å². The smallest absolute Gasteiger partial charge is 0.361 e. The summed E-state index contributed by atoms with van der Waals surface area (Å²) in [4.78, 5) is 0. The third-order valence-electron chi connectivity index (χ3n) is 1.51. The lowest BCUT2D eigenvalue weighted by atomic mass is 10.5. The molecule has 0 aliphatic heterocycles. The van der Waals surface area contributed by atoms with Crippen LogP contribution in [0.2, 0.25) is 6.55 Å². The largest absolute Gasteiger partial charge is 0.392 e. The lowest BCUT2D eigenvalue weighted by Gasteiger charge is -2.22. The highest BCUT2D eigenvalue weighted by Crippen LogP contribution is 2.08. The summed E-state index contributed by atoms with van der Waals surface area (Å²) in [5.41, 5.74) is 1.81. The zero-order valence-electron chi connectivity index (χ0n) is 8.01. The van der Waals surface area contributed by atoms with E-state index in [-0.39, 0.29) is 0 Å². The quantitative estimate of drug-likeness (QED) is 0.345. The van der Waals surface area contributed by atoms with Crippen LogP contribution in [0.5, 0.6) is 0 Å². The first kappa shape index (κ1) is 11.6. The first-order valence-electron chi connectivity index (χ1n) is 4.21. The van der Waals surface area contributed by atoms with Crippen molar-refractivity contribution in [1.82, 2.24) is 0 Å². The topological polar surface area (TPSA) is 18.5 Å². The Labute approximate surface area is 76.1 Å². The lowest BCUT2D eigenvalue weighted by molar-refractivity contribution is 0.195. The maximum absolute atomic E-state index is 5.59. The summed E-state index contributed by atoms with van der Waals surface area (Å²) in [6.07, 6.45) is 2.70. The molecule has 0 amide bonds. The van der Waals surface area contributed by atoms with Gasteiger partial charge in [0.15, 0.2) is 0 Å². The first-order valence-corrected chi connectivity index (χ1v) is 6.60. The van der Waals surface area contributed by atoms with Crippen molar-refractivity contribution in [3.8, 4) is 0 Å². The zero-order valence-corrected chi connectivity index (χ0v) is 9.01. The number of hydrogen-bond donors (Lipinski definition) is 0. The molecule has 0 rings (SSSR count). The van der Waals surface area contributed by atoms with Crippen molar-refractivity contribution in [2.45, 2.75) is 19.9 Å². The maximum atomic E-state index is 5.59. The van der Waals surface area contributed by atoms with E-state index in [1.54, 1.807) is 5.70 Å². The molecule has 0 aromatic carbocycles. The van der Waals surface area contributed by atoms with Gasteiger partial charge in [-0.05, 0) is 25.6 Å². The number of rotatable bonds is 7. The second-order valence-electron chi connectivity index (χ2n) is 2.58. The summed E-state index contributed by atoms with van der Waals surface area (Å²) in [7, 11) is -2.04. The Morgan fingerprint density at radius 2 is 2.00 bits per heavy atom. The van der Waals surface area contributed by atoms with Crippen LogP contribution < -0.4 is 0 Å². The van der Waals surface area contributed by atoms with E-state index in [9.17, 15) is 0 Å². The molecule has 3 heteroatoms. The predicted molar refractivity (Wildman–Crippen MR) is 54.2 cm³/mol. The van der Waals surface area contributed by atoms with Gasteiger partial charge in [-0.2, -0.15) is 0 Å². The molecule has 0 spiro atoms. The standard InChI is InChI=1S/C9H18O2Si/c1-5-8-9-11-12(4,7-3)10-6-2/h5,7H,1,3,6,8-9H2,2,4H3. The fraction of sp³-hybridized carbons (Fsp3) is 0.556. The Morgan fingerprint density at radius 1 is 1.33 bits per heavy atom. The van der Waals surface area contributed by atoms with Crippen molar-refractivity contribution >= 4 is 8.56 Å². The van der Waals surface area contributed by atoms with Crippen LogP contribution in [-0.2, 0) is 8.85 Å². The zero-order chi connectivity index (χ0) is 9.45. The van der Waals surface area contributed by atoms with Crippen LogP contribution in [0.25, 0.3) is 0 Å². The maximum Gasteiger partial charge on any atom is 0.361 e. The van der Waals surface area contributed by atoms with Gasteiger partial charge in [-0.1, -0.05) is 6.08 Å². The van der Waals surface area contributed by atoms with Crippen molar-refractivity contribution < 1.29 is 8.85 Å². The summed E-state index contributed by atoms with van der Waals surface area (Å²) in [6, 6.07) is 0. The molecule has 0 saturated carbocycles. The Bertz CT molecular complexity index is 147. The lowest BCUT2D eigenvalue weighted by Crippen LogP contribution is -2.36. The molecule has 0 aliphatic rings. The third kappa shape index (κ3) is 4.49. The Morgan fingerprint density at radius 3 is 2.42 bits per heavy atom. The fourth-order valence-corrected chi connectivity index (χ4v) is 2.21. The van der Waals surface area contributed by atoms with Crippen molar-refractivity contribution in [3.05, 3.63) is 24.9 Å². The minimum absolute atomic E-state index is 0.679. The minimum atomic E-state index is -2.04. The van der Waals surface area contributed by atoms with Gasteiger partial charge in [0.2, 0.25) is 0 Å². The van der Waals surface area contributed by atoms with Crippen LogP contribution in [0.4, 0.5) is 0 Å². The van der Waals surface area contributed by atoms with Gasteiger partial charge in [0.25, 0.3) is 0 Å². The third-order valence-corrected chi connectivity index (χ3v) is 3.89. The SMILES string of the molecule is C=CCCO[Si](C)(C=C)OCC. The monoisotopic (exact) mass is 186 g/mol. The summed E-state index contributed by atoms with van der Waals surface area (Å²) < 4.78 is 11.1. The van der Waals surface area contributed by atoms with Gasteiger partial charge in [-0.15, -0.1) is 13.2 Å². The molecule has 0 saturated heterocycles. The number of hydrogen-bond acceptors (Lipinski definition) is 2. The van der Waals surface area contributed by atoms with Gasteiger partial charge in [0.05, 0.1) is 0 Å². The molecule has 0 N–H and O–H groups in total. The van der Waals surface area contributed by atoms with E-state index in [4.69, 9.17) is 8.85 Å². The highest BCUT2D eigenvalue weighted by Gasteiger charge is 2.26. The van der Waals surface area contributed by atoms with E-state index in [1.807, 2.05) is 19.5 Å². The van der Waals surface area contributed by atoms with Crippen LogP contribution in [0.3, 0.4) is 0 Å². The van der Waals surface area contributed by atoms with Crippen LogP contribution >= 0.6 is 0 Å². The summed E-state index contributed by atoms with van der Waals surface area (Å²) in [5, 5.41) is 0. The van der Waals surface area contributed by atoms with E-state index in [0.29, 0.717) is 13.2 Å². The van der Waals surface area contributed by atoms with Gasteiger partial charge in [0.1, 0.15) is 0 Å². The molecule has 70 valence electrons. The summed E-state index contributed by atoms with van der Waals surface area (Å²) >= 11 is 0. The molecular weight excluding hydrogens is 168 g/mol. The highest BCUT2D eigenvalue weighted by atomic mass is 28.4. The van der Waals surface area contributed by atoms with Crippen molar-refractivity contribution in [3.63, 3.8) is 0 Å². The van der Waals surface area contributed by atoms with E-state index < -0.39 is 8.56 Å². The second-order valence-corrected chi connectivity index (χ2v) is 5.60. The van der Waals surface area contributed by atoms with E-state index in [0.717, 1.165) is 6.42 Å². The van der Waals surface area contributed by atoms with Gasteiger partial charge in [-0.25, -0.2) is 0 Å². The summed E-state index contributed by atoms with van der Waals surface area (Å²) in [6.45, 7) is 12.7. The Balaban J connectivity index is 3.78. The molecule has 0 aromatic rings. The van der Waals surface area contributed by atoms with Gasteiger partial charge < -0.3 is 8.85 Å². The van der Waals surface area contributed by atoms with Crippen molar-refractivity contribution in [2.24, 2.45) is 0 Å². The molecule has 0 bridgehead atoms. The molecular formula is C9H18O2Si. The molecule has 0 radical (unpaired) electrons. The minimum Gasteiger partial charge on any atom is -0.392 e. The molecule has 1 unspecified atom stereocenters. The molecule has 0 aliphatic carbocycles. The van der Waals surface area contributed by atoms with Gasteiger partial charge >= 0.3 is 8.56 Å². The van der Waals surface area contributed by atoms with E-state index >= 15 is 0 Å². The predicted octanol–water partition coefficient (Wildman–Crippen LogP) is 2.41. The average Bonchev–Trinajstić information content (AvgIpc) is 2.06. The molecule has 1 atom stereocenters. The van der Waals surface area contributed by atoms with Crippen LogP contribution in [0.15, 0.2) is 24.9 Å². The van der Waals surface area contributed by atoms with Crippen LogP contribution in [-0.4, -0.2) is 21.8 Å². The average molecular weight is 186 g/mol.